The predicted octanol–water partition coefficient (Wildman–Crippen LogP) is 4.09. The predicted molar refractivity (Wildman–Crippen MR) is 80.2 cm³/mol. The molecule has 0 heterocycles. The van der Waals surface area contributed by atoms with Crippen LogP contribution in [0.5, 0.6) is 0 Å². The van der Waals surface area contributed by atoms with Crippen LogP contribution >= 0.6 is 0 Å². The summed E-state index contributed by atoms with van der Waals surface area (Å²) in [5.74, 6) is 0.538. The zero-order chi connectivity index (χ0) is 14.4. The molecule has 2 N–H and O–H groups in total. The molecule has 0 unspecified atom stereocenters. The van der Waals surface area contributed by atoms with Crippen LogP contribution in [-0.2, 0) is 11.2 Å². The molecule has 1 rings (SSSR count). The fraction of sp³-hybridized carbons (Fsp3) is 0.375. The molecule has 3 nitrogen and oxygen atoms in total. The van der Waals surface area contributed by atoms with Gasteiger partial charge in [0.2, 0.25) is 5.90 Å². The second-order valence-corrected chi connectivity index (χ2v) is 5.09. The zero-order valence-electron chi connectivity index (χ0n) is 11.9. The first-order chi connectivity index (χ1) is 8.93. The third-order valence-electron chi connectivity index (χ3n) is 2.79. The minimum Gasteiger partial charge on any atom is -0.425 e. The van der Waals surface area contributed by atoms with Crippen LogP contribution in [0.3, 0.4) is 0 Å². The van der Waals surface area contributed by atoms with Crippen LogP contribution in [-0.4, -0.2) is 11.8 Å². The van der Waals surface area contributed by atoms with Crippen LogP contribution in [0.15, 0.2) is 30.9 Å². The molecule has 0 aliphatic heterocycles. The Balaban J connectivity index is 2.79. The summed E-state index contributed by atoms with van der Waals surface area (Å²) in [6.07, 6.45) is 3.17. The Morgan fingerprint density at radius 3 is 2.63 bits per heavy atom. The van der Waals surface area contributed by atoms with Gasteiger partial charge in [0.25, 0.3) is 0 Å². The second-order valence-electron chi connectivity index (χ2n) is 5.09. The first kappa shape index (κ1) is 15.2. The van der Waals surface area contributed by atoms with Gasteiger partial charge in [-0.1, -0.05) is 26.0 Å². The number of rotatable bonds is 5. The van der Waals surface area contributed by atoms with Gasteiger partial charge in [0.05, 0.1) is 0 Å². The molecule has 102 valence electrons. The molecule has 0 aromatic heterocycles. The SMILES string of the molecule is C=CCc1cc(C(=N)OC(=N)CC(C)C)ccc1C. The second kappa shape index (κ2) is 6.88. The van der Waals surface area contributed by atoms with Gasteiger partial charge in [-0.05, 0) is 42.5 Å². The van der Waals surface area contributed by atoms with Crippen LogP contribution in [0, 0.1) is 23.7 Å². The van der Waals surface area contributed by atoms with Crippen LogP contribution in [0.4, 0.5) is 0 Å². The number of hydrogen-bond donors (Lipinski definition) is 2. The molecule has 1 aromatic rings. The van der Waals surface area contributed by atoms with Gasteiger partial charge in [0.15, 0.2) is 5.90 Å². The fourth-order valence-electron chi connectivity index (χ4n) is 1.78. The molecule has 0 radical (unpaired) electrons. The summed E-state index contributed by atoms with van der Waals surface area (Å²) in [7, 11) is 0. The summed E-state index contributed by atoms with van der Waals surface area (Å²) in [4.78, 5) is 0. The van der Waals surface area contributed by atoms with E-state index in [0.29, 0.717) is 17.9 Å². The first-order valence-corrected chi connectivity index (χ1v) is 6.48. The highest BCUT2D eigenvalue weighted by molar-refractivity contribution is 5.99. The summed E-state index contributed by atoms with van der Waals surface area (Å²) in [5.41, 5.74) is 3.01. The summed E-state index contributed by atoms with van der Waals surface area (Å²) in [6, 6.07) is 5.76. The molecule has 0 amide bonds. The highest BCUT2D eigenvalue weighted by Crippen LogP contribution is 2.14. The van der Waals surface area contributed by atoms with Crippen molar-refractivity contribution in [2.24, 2.45) is 5.92 Å². The Morgan fingerprint density at radius 2 is 2.05 bits per heavy atom. The quantitative estimate of drug-likeness (QED) is 0.466. The van der Waals surface area contributed by atoms with Crippen molar-refractivity contribution >= 4 is 11.8 Å². The Labute approximate surface area is 115 Å². The van der Waals surface area contributed by atoms with Crippen LogP contribution in [0.2, 0.25) is 0 Å². The van der Waals surface area contributed by atoms with Crippen molar-refractivity contribution in [1.82, 2.24) is 0 Å². The Hall–Kier alpha value is -1.90. The van der Waals surface area contributed by atoms with E-state index in [-0.39, 0.29) is 11.8 Å². The van der Waals surface area contributed by atoms with E-state index in [4.69, 9.17) is 15.6 Å². The first-order valence-electron chi connectivity index (χ1n) is 6.48. The van der Waals surface area contributed by atoms with E-state index in [0.717, 1.165) is 12.0 Å². The van der Waals surface area contributed by atoms with Crippen molar-refractivity contribution in [2.75, 3.05) is 0 Å². The molecule has 0 bridgehead atoms. The van der Waals surface area contributed by atoms with Crippen molar-refractivity contribution < 1.29 is 4.74 Å². The third kappa shape index (κ3) is 4.70. The molecule has 1 aromatic carbocycles. The van der Waals surface area contributed by atoms with E-state index < -0.39 is 0 Å². The standard InChI is InChI=1S/C16H22N2O/c1-5-6-13-10-14(8-7-12(13)4)16(18)19-15(17)9-11(2)3/h5,7-8,10-11,17-18H,1,6,9H2,2-4H3. The Bertz CT molecular complexity index is 490. The van der Waals surface area contributed by atoms with Gasteiger partial charge in [0, 0.05) is 12.0 Å². The molecule has 19 heavy (non-hydrogen) atoms. The van der Waals surface area contributed by atoms with Crippen molar-refractivity contribution in [3.63, 3.8) is 0 Å². The maximum absolute atomic E-state index is 7.91. The van der Waals surface area contributed by atoms with Gasteiger partial charge < -0.3 is 4.74 Å². The molecular formula is C16H22N2O. The largest absolute Gasteiger partial charge is 0.425 e. The van der Waals surface area contributed by atoms with Gasteiger partial charge in [-0.3, -0.25) is 10.8 Å². The highest BCUT2D eigenvalue weighted by Gasteiger charge is 2.09. The smallest absolute Gasteiger partial charge is 0.220 e. The molecular weight excluding hydrogens is 236 g/mol. The van der Waals surface area contributed by atoms with Crippen molar-refractivity contribution in [1.29, 1.82) is 10.8 Å². The molecule has 0 saturated carbocycles. The average Bonchev–Trinajstić information content (AvgIpc) is 2.30. The van der Waals surface area contributed by atoms with Gasteiger partial charge in [0.1, 0.15) is 0 Å². The maximum atomic E-state index is 7.91. The summed E-state index contributed by atoms with van der Waals surface area (Å²) in [6.45, 7) is 9.82. The minimum absolute atomic E-state index is 0.0379. The summed E-state index contributed by atoms with van der Waals surface area (Å²) >= 11 is 0. The van der Waals surface area contributed by atoms with Crippen molar-refractivity contribution in [2.45, 2.75) is 33.6 Å². The zero-order valence-corrected chi connectivity index (χ0v) is 11.9. The van der Waals surface area contributed by atoms with E-state index in [1.165, 1.54) is 5.56 Å². The molecule has 3 heteroatoms. The lowest BCUT2D eigenvalue weighted by Gasteiger charge is -2.11. The molecule has 0 saturated heterocycles. The number of allylic oxidation sites excluding steroid dienone is 1. The lowest BCUT2D eigenvalue weighted by Crippen LogP contribution is -2.14. The number of benzene rings is 1. The monoisotopic (exact) mass is 258 g/mol. The molecule has 0 aliphatic rings. The highest BCUT2D eigenvalue weighted by atomic mass is 16.5. The van der Waals surface area contributed by atoms with Crippen LogP contribution in [0.25, 0.3) is 0 Å². The van der Waals surface area contributed by atoms with Crippen LogP contribution < -0.4 is 0 Å². The molecule has 0 aliphatic carbocycles. The van der Waals surface area contributed by atoms with Crippen LogP contribution in [0.1, 0.15) is 37.0 Å². The maximum Gasteiger partial charge on any atom is 0.220 e. The normalized spacial score (nSPS) is 10.3. The lowest BCUT2D eigenvalue weighted by molar-refractivity contribution is 0.492. The van der Waals surface area contributed by atoms with Crippen molar-refractivity contribution in [3.8, 4) is 0 Å². The number of aryl methyl sites for hydroxylation is 1. The van der Waals surface area contributed by atoms with E-state index in [9.17, 15) is 0 Å². The third-order valence-corrected chi connectivity index (χ3v) is 2.79. The van der Waals surface area contributed by atoms with Gasteiger partial charge in [-0.2, -0.15) is 0 Å². The van der Waals surface area contributed by atoms with Gasteiger partial charge >= 0.3 is 0 Å². The van der Waals surface area contributed by atoms with Gasteiger partial charge in [-0.15, -0.1) is 6.58 Å². The number of nitrogens with one attached hydrogen (secondary N) is 2. The molecule has 0 spiro atoms. The van der Waals surface area contributed by atoms with E-state index in [2.05, 4.69) is 6.58 Å². The fourth-order valence-corrected chi connectivity index (χ4v) is 1.78. The summed E-state index contributed by atoms with van der Waals surface area (Å²) in [5, 5.41) is 15.6. The van der Waals surface area contributed by atoms with E-state index >= 15 is 0 Å². The number of ether oxygens (including phenoxy) is 1. The number of hydrogen-bond acceptors (Lipinski definition) is 3. The molecule has 0 atom stereocenters. The average molecular weight is 258 g/mol. The summed E-state index contributed by atoms with van der Waals surface area (Å²) < 4.78 is 5.26. The lowest BCUT2D eigenvalue weighted by atomic mass is 10.0. The topological polar surface area (TPSA) is 56.9 Å². The minimum atomic E-state index is 0.0379. The molecule has 0 fully saturated rings. The van der Waals surface area contributed by atoms with Crippen molar-refractivity contribution in [3.05, 3.63) is 47.5 Å². The Morgan fingerprint density at radius 1 is 1.37 bits per heavy atom. The van der Waals surface area contributed by atoms with Gasteiger partial charge in [-0.25, -0.2) is 0 Å². The Kier molecular flexibility index (Phi) is 5.49. The van der Waals surface area contributed by atoms with E-state index in [1.807, 2.05) is 45.0 Å². The van der Waals surface area contributed by atoms with E-state index in [1.54, 1.807) is 0 Å².